The quantitative estimate of drug-likeness (QED) is 0.460. The molecule has 2 aliphatic heterocycles. The highest BCUT2D eigenvalue weighted by Crippen LogP contribution is 2.37. The summed E-state index contributed by atoms with van der Waals surface area (Å²) in [6.07, 6.45) is 8.09. The molecule has 9 heteroatoms. The van der Waals surface area contributed by atoms with E-state index in [0.29, 0.717) is 23.8 Å². The Bertz CT molecular complexity index is 1290. The molecule has 34 heavy (non-hydrogen) atoms. The van der Waals surface area contributed by atoms with E-state index in [2.05, 4.69) is 57.8 Å². The first kappa shape index (κ1) is 21.1. The lowest BCUT2D eigenvalue weighted by Gasteiger charge is -2.23. The lowest BCUT2D eigenvalue weighted by atomic mass is 9.87. The molecular formula is C25H31N9. The number of nitrogens with zero attached hydrogens (tertiary/aromatic N) is 7. The van der Waals surface area contributed by atoms with Crippen LogP contribution in [0.1, 0.15) is 43.7 Å². The van der Waals surface area contributed by atoms with Crippen molar-refractivity contribution in [2.45, 2.75) is 39.2 Å². The molecule has 2 N–H and O–H groups in total. The smallest absolute Gasteiger partial charge is 0.230 e. The van der Waals surface area contributed by atoms with Gasteiger partial charge in [0.15, 0.2) is 5.65 Å². The van der Waals surface area contributed by atoms with Gasteiger partial charge in [-0.2, -0.15) is 24.7 Å². The molecule has 0 amide bonds. The fourth-order valence-corrected chi connectivity index (χ4v) is 5.27. The highest BCUT2D eigenvalue weighted by atomic mass is 15.4. The van der Waals surface area contributed by atoms with Gasteiger partial charge >= 0.3 is 0 Å². The van der Waals surface area contributed by atoms with Crippen molar-refractivity contribution in [1.82, 2.24) is 34.7 Å². The summed E-state index contributed by atoms with van der Waals surface area (Å²) in [6, 6.07) is 10.2. The summed E-state index contributed by atoms with van der Waals surface area (Å²) in [5.74, 6) is 1.84. The second kappa shape index (κ2) is 8.39. The van der Waals surface area contributed by atoms with Crippen LogP contribution in [0.3, 0.4) is 0 Å². The Morgan fingerprint density at radius 3 is 2.82 bits per heavy atom. The van der Waals surface area contributed by atoms with Gasteiger partial charge in [0, 0.05) is 49.6 Å². The van der Waals surface area contributed by atoms with Crippen LogP contribution in [-0.2, 0) is 6.54 Å². The minimum atomic E-state index is 0.331. The second-order valence-corrected chi connectivity index (χ2v) is 9.87. The van der Waals surface area contributed by atoms with Crippen molar-refractivity contribution in [3.63, 3.8) is 0 Å². The largest absolute Gasteiger partial charge is 0.350 e. The number of rotatable bonds is 6. The molecule has 1 spiro atoms. The third-order valence-electron chi connectivity index (χ3n) is 7.24. The normalized spacial score (nSPS) is 20.3. The summed E-state index contributed by atoms with van der Waals surface area (Å²) >= 11 is 0. The van der Waals surface area contributed by atoms with Crippen LogP contribution in [-0.4, -0.2) is 55.5 Å². The molecular weight excluding hydrogens is 426 g/mol. The lowest BCUT2D eigenvalue weighted by molar-refractivity contribution is 0.369. The number of nitrogens with one attached hydrogen (secondary N) is 2. The molecule has 0 radical (unpaired) electrons. The molecule has 6 rings (SSSR count). The standard InChI is InChI=1S/C25H31N9/c1-18(2)20-15-29-34-22(20)30-24(32-13-9-25(17-32)8-11-26-16-25)31-23(34)27-14-19-6-3-4-7-21(19)33-12-5-10-28-33/h3-7,10,12,15,18,26H,8-9,11,13-14,16-17H2,1-2H3,(H,27,30,31). The Kier molecular flexibility index (Phi) is 5.21. The molecule has 0 saturated carbocycles. The minimum Gasteiger partial charge on any atom is -0.350 e. The van der Waals surface area contributed by atoms with Gasteiger partial charge in [0.1, 0.15) is 0 Å². The van der Waals surface area contributed by atoms with E-state index in [4.69, 9.17) is 9.97 Å². The Labute approximate surface area is 199 Å². The highest BCUT2D eigenvalue weighted by Gasteiger charge is 2.41. The van der Waals surface area contributed by atoms with Gasteiger partial charge in [-0.25, -0.2) is 4.68 Å². The maximum atomic E-state index is 5.01. The van der Waals surface area contributed by atoms with Gasteiger partial charge in [-0.1, -0.05) is 32.0 Å². The van der Waals surface area contributed by atoms with Gasteiger partial charge < -0.3 is 15.5 Å². The van der Waals surface area contributed by atoms with E-state index in [1.165, 1.54) is 12.8 Å². The van der Waals surface area contributed by atoms with Crippen LogP contribution >= 0.6 is 0 Å². The molecule has 1 unspecified atom stereocenters. The van der Waals surface area contributed by atoms with Crippen molar-refractivity contribution in [3.8, 4) is 5.69 Å². The van der Waals surface area contributed by atoms with E-state index in [-0.39, 0.29) is 0 Å². The molecule has 176 valence electrons. The summed E-state index contributed by atoms with van der Waals surface area (Å²) in [5, 5.41) is 16.2. The predicted molar refractivity (Wildman–Crippen MR) is 133 cm³/mol. The molecule has 5 heterocycles. The van der Waals surface area contributed by atoms with E-state index in [9.17, 15) is 0 Å². The predicted octanol–water partition coefficient (Wildman–Crippen LogP) is 3.24. The SMILES string of the molecule is CC(C)c1cnn2c(NCc3ccccc3-n3cccn3)nc(N3CCC4(CCNC4)C3)nc12. The number of anilines is 2. The van der Waals surface area contributed by atoms with Crippen LogP contribution in [0.15, 0.2) is 48.9 Å². The number of aromatic nitrogens is 6. The lowest BCUT2D eigenvalue weighted by Crippen LogP contribution is -2.30. The van der Waals surface area contributed by atoms with E-state index < -0.39 is 0 Å². The fraction of sp³-hybridized carbons (Fsp3) is 0.440. The van der Waals surface area contributed by atoms with E-state index in [1.54, 1.807) is 6.20 Å². The maximum Gasteiger partial charge on any atom is 0.230 e. The molecule has 9 nitrogen and oxygen atoms in total. The second-order valence-electron chi connectivity index (χ2n) is 9.87. The van der Waals surface area contributed by atoms with Crippen molar-refractivity contribution in [3.05, 3.63) is 60.0 Å². The number of benzene rings is 1. The zero-order valence-electron chi connectivity index (χ0n) is 19.8. The Morgan fingerprint density at radius 2 is 2.03 bits per heavy atom. The summed E-state index contributed by atoms with van der Waals surface area (Å²) in [7, 11) is 0. The zero-order chi connectivity index (χ0) is 23.1. The first-order chi connectivity index (χ1) is 16.6. The topological polar surface area (TPSA) is 88.2 Å². The Balaban J connectivity index is 1.34. The van der Waals surface area contributed by atoms with Crippen LogP contribution < -0.4 is 15.5 Å². The van der Waals surface area contributed by atoms with Crippen LogP contribution in [0.2, 0.25) is 0 Å². The van der Waals surface area contributed by atoms with Crippen molar-refractivity contribution < 1.29 is 0 Å². The number of hydrogen-bond donors (Lipinski definition) is 2. The van der Waals surface area contributed by atoms with Gasteiger partial charge in [-0.3, -0.25) is 0 Å². The van der Waals surface area contributed by atoms with Crippen molar-refractivity contribution in [2.24, 2.45) is 5.41 Å². The molecule has 2 aliphatic rings. The molecule has 1 aromatic carbocycles. The molecule has 2 fully saturated rings. The van der Waals surface area contributed by atoms with Crippen molar-refractivity contribution in [2.75, 3.05) is 36.4 Å². The zero-order valence-corrected chi connectivity index (χ0v) is 19.8. The summed E-state index contributed by atoms with van der Waals surface area (Å²) in [4.78, 5) is 12.3. The monoisotopic (exact) mass is 457 g/mol. The average Bonchev–Trinajstić information content (AvgIpc) is 3.65. The average molecular weight is 458 g/mol. The van der Waals surface area contributed by atoms with Gasteiger partial charge in [-0.15, -0.1) is 0 Å². The number of para-hydroxylation sites is 1. The maximum absolute atomic E-state index is 5.01. The summed E-state index contributed by atoms with van der Waals surface area (Å²) in [6.45, 7) is 9.16. The summed E-state index contributed by atoms with van der Waals surface area (Å²) in [5.41, 5.74) is 4.55. The fourth-order valence-electron chi connectivity index (χ4n) is 5.27. The Hall–Kier alpha value is -3.46. The van der Waals surface area contributed by atoms with Gasteiger partial charge in [-0.05, 0) is 43.0 Å². The van der Waals surface area contributed by atoms with E-state index in [1.807, 2.05) is 33.7 Å². The third-order valence-corrected chi connectivity index (χ3v) is 7.24. The summed E-state index contributed by atoms with van der Waals surface area (Å²) < 4.78 is 3.74. The molecule has 0 aliphatic carbocycles. The van der Waals surface area contributed by atoms with Crippen LogP contribution in [0.25, 0.3) is 11.3 Å². The highest BCUT2D eigenvalue weighted by molar-refractivity contribution is 5.57. The van der Waals surface area contributed by atoms with E-state index >= 15 is 0 Å². The molecule has 2 saturated heterocycles. The van der Waals surface area contributed by atoms with Crippen molar-refractivity contribution in [1.29, 1.82) is 0 Å². The Morgan fingerprint density at radius 1 is 1.12 bits per heavy atom. The van der Waals surface area contributed by atoms with E-state index in [0.717, 1.165) is 54.6 Å². The minimum absolute atomic E-state index is 0.331. The molecule has 0 bridgehead atoms. The van der Waals surface area contributed by atoms with Gasteiger partial charge in [0.25, 0.3) is 0 Å². The third kappa shape index (κ3) is 3.69. The molecule has 3 aromatic heterocycles. The van der Waals surface area contributed by atoms with Crippen LogP contribution in [0.5, 0.6) is 0 Å². The van der Waals surface area contributed by atoms with Crippen LogP contribution in [0.4, 0.5) is 11.9 Å². The first-order valence-electron chi connectivity index (χ1n) is 12.2. The number of hydrogen-bond acceptors (Lipinski definition) is 7. The van der Waals surface area contributed by atoms with Gasteiger partial charge in [0.05, 0.1) is 11.9 Å². The first-order valence-corrected chi connectivity index (χ1v) is 12.2. The van der Waals surface area contributed by atoms with Gasteiger partial charge in [0.2, 0.25) is 11.9 Å². The molecule has 1 atom stereocenters. The number of fused-ring (bicyclic) bond motifs is 1. The van der Waals surface area contributed by atoms with Crippen molar-refractivity contribution >= 4 is 17.5 Å². The van der Waals surface area contributed by atoms with Crippen LogP contribution in [0, 0.1) is 5.41 Å². The molecule has 4 aromatic rings.